The summed E-state index contributed by atoms with van der Waals surface area (Å²) in [5, 5.41) is 6.71. The first-order chi connectivity index (χ1) is 10.2. The van der Waals surface area contributed by atoms with Gasteiger partial charge in [0.1, 0.15) is 11.4 Å². The Hall–Kier alpha value is -2.34. The maximum absolute atomic E-state index is 11.9. The lowest BCUT2D eigenvalue weighted by Gasteiger charge is -2.10. The Balaban J connectivity index is 2.46. The molecule has 2 rings (SSSR count). The maximum Gasteiger partial charge on any atom is 0.343 e. The van der Waals surface area contributed by atoms with Crippen LogP contribution in [0.15, 0.2) is 36.5 Å². The van der Waals surface area contributed by atoms with E-state index in [1.165, 1.54) is 10.9 Å². The molecule has 0 saturated carbocycles. The molecule has 0 unspecified atom stereocenters. The van der Waals surface area contributed by atoms with Crippen LogP contribution < -0.4 is 5.32 Å². The van der Waals surface area contributed by atoms with E-state index in [0.29, 0.717) is 5.69 Å². The zero-order chi connectivity index (χ0) is 15.2. The number of aromatic nitrogens is 2. The van der Waals surface area contributed by atoms with E-state index in [2.05, 4.69) is 10.4 Å². The van der Waals surface area contributed by atoms with E-state index < -0.39 is 11.9 Å². The maximum atomic E-state index is 11.9. The van der Waals surface area contributed by atoms with E-state index >= 15 is 0 Å². The molecule has 2 aromatic rings. The van der Waals surface area contributed by atoms with Crippen molar-refractivity contribution in [2.75, 3.05) is 17.8 Å². The number of nitrogens with one attached hydrogen (secondary N) is 1. The standard InChI is InChI=1S/C14H14ClN3O3/c1-2-21-14(20)11-9-16-18(10-6-4-3-5-7-10)13(11)17-12(19)8-15/h3-7,9H,2,8H2,1H3,(H,17,19). The van der Waals surface area contributed by atoms with Gasteiger partial charge in [0, 0.05) is 0 Å². The summed E-state index contributed by atoms with van der Waals surface area (Å²) in [6.45, 7) is 1.94. The number of anilines is 1. The quantitative estimate of drug-likeness (QED) is 0.679. The van der Waals surface area contributed by atoms with E-state index in [1.54, 1.807) is 19.1 Å². The summed E-state index contributed by atoms with van der Waals surface area (Å²) in [6, 6.07) is 9.12. The number of ether oxygens (including phenoxy) is 1. The monoisotopic (exact) mass is 307 g/mol. The van der Waals surface area contributed by atoms with Crippen molar-refractivity contribution in [2.24, 2.45) is 0 Å². The van der Waals surface area contributed by atoms with Gasteiger partial charge in [0.25, 0.3) is 0 Å². The fraction of sp³-hybridized carbons (Fsp3) is 0.214. The molecule has 21 heavy (non-hydrogen) atoms. The van der Waals surface area contributed by atoms with Gasteiger partial charge in [-0.15, -0.1) is 11.6 Å². The van der Waals surface area contributed by atoms with Crippen LogP contribution in [0.4, 0.5) is 5.82 Å². The second-order valence-electron chi connectivity index (χ2n) is 4.06. The molecular weight excluding hydrogens is 294 g/mol. The number of carbonyl (C=O) groups is 2. The Kier molecular flexibility index (Phi) is 4.94. The topological polar surface area (TPSA) is 73.2 Å². The van der Waals surface area contributed by atoms with Crippen molar-refractivity contribution in [3.05, 3.63) is 42.1 Å². The Labute approximate surface area is 126 Å². The smallest absolute Gasteiger partial charge is 0.343 e. The fourth-order valence-electron chi connectivity index (χ4n) is 1.76. The van der Waals surface area contributed by atoms with Crippen molar-refractivity contribution in [3.63, 3.8) is 0 Å². The van der Waals surface area contributed by atoms with Crippen molar-refractivity contribution in [2.45, 2.75) is 6.92 Å². The van der Waals surface area contributed by atoms with E-state index in [1.807, 2.05) is 18.2 Å². The minimum atomic E-state index is -0.551. The van der Waals surface area contributed by atoms with E-state index in [9.17, 15) is 9.59 Å². The second kappa shape index (κ2) is 6.90. The number of carbonyl (C=O) groups excluding carboxylic acids is 2. The lowest BCUT2D eigenvalue weighted by molar-refractivity contribution is -0.114. The molecular formula is C14H14ClN3O3. The predicted octanol–water partition coefficient (Wildman–Crippen LogP) is 2.23. The highest BCUT2D eigenvalue weighted by Crippen LogP contribution is 2.21. The number of rotatable bonds is 5. The molecule has 1 amide bonds. The molecule has 1 aromatic carbocycles. The van der Waals surface area contributed by atoms with Gasteiger partial charge in [-0.1, -0.05) is 18.2 Å². The number of hydrogen-bond donors (Lipinski definition) is 1. The van der Waals surface area contributed by atoms with Gasteiger partial charge in [-0.05, 0) is 19.1 Å². The molecule has 0 aliphatic rings. The van der Waals surface area contributed by atoms with Gasteiger partial charge in [-0.25, -0.2) is 9.48 Å². The number of para-hydroxylation sites is 1. The average Bonchev–Trinajstić information content (AvgIpc) is 2.92. The van der Waals surface area contributed by atoms with Crippen molar-refractivity contribution in [1.29, 1.82) is 0 Å². The summed E-state index contributed by atoms with van der Waals surface area (Å²) in [6.07, 6.45) is 1.36. The summed E-state index contributed by atoms with van der Waals surface area (Å²) in [5.74, 6) is -0.961. The number of nitrogens with zero attached hydrogens (tertiary/aromatic N) is 2. The zero-order valence-electron chi connectivity index (χ0n) is 11.4. The Morgan fingerprint density at radius 3 is 2.67 bits per heavy atom. The first-order valence-corrected chi connectivity index (χ1v) is 6.87. The van der Waals surface area contributed by atoms with Crippen LogP contribution in [-0.4, -0.2) is 34.1 Å². The predicted molar refractivity (Wildman–Crippen MR) is 78.9 cm³/mol. The van der Waals surface area contributed by atoms with E-state index in [-0.39, 0.29) is 23.9 Å². The molecule has 0 spiro atoms. The molecule has 1 aromatic heterocycles. The number of alkyl halides is 1. The Morgan fingerprint density at radius 1 is 1.33 bits per heavy atom. The SMILES string of the molecule is CCOC(=O)c1cnn(-c2ccccc2)c1NC(=O)CCl. The molecule has 0 radical (unpaired) electrons. The summed E-state index contributed by atoms with van der Waals surface area (Å²) < 4.78 is 6.41. The van der Waals surface area contributed by atoms with Crippen LogP contribution in [0.2, 0.25) is 0 Å². The third-order valence-electron chi connectivity index (χ3n) is 2.64. The molecule has 1 N–H and O–H groups in total. The molecule has 1 heterocycles. The lowest BCUT2D eigenvalue weighted by atomic mass is 10.3. The van der Waals surface area contributed by atoms with Crippen molar-refractivity contribution in [1.82, 2.24) is 9.78 Å². The number of hydrogen-bond acceptors (Lipinski definition) is 4. The first-order valence-electron chi connectivity index (χ1n) is 6.33. The summed E-state index contributed by atoms with van der Waals surface area (Å²) in [4.78, 5) is 23.5. The van der Waals surface area contributed by atoms with Gasteiger partial charge in [0.05, 0.1) is 18.5 Å². The number of benzene rings is 1. The Bertz CT molecular complexity index is 640. The first kappa shape index (κ1) is 15.1. The Morgan fingerprint density at radius 2 is 2.05 bits per heavy atom. The van der Waals surface area contributed by atoms with Gasteiger partial charge >= 0.3 is 5.97 Å². The van der Waals surface area contributed by atoms with Gasteiger partial charge in [-0.2, -0.15) is 5.10 Å². The summed E-state index contributed by atoms with van der Waals surface area (Å²) >= 11 is 5.50. The highest BCUT2D eigenvalue weighted by molar-refractivity contribution is 6.29. The minimum Gasteiger partial charge on any atom is -0.462 e. The lowest BCUT2D eigenvalue weighted by Crippen LogP contribution is -2.18. The van der Waals surface area contributed by atoms with E-state index in [4.69, 9.17) is 16.3 Å². The van der Waals surface area contributed by atoms with Crippen LogP contribution in [0.3, 0.4) is 0 Å². The van der Waals surface area contributed by atoms with Gasteiger partial charge < -0.3 is 10.1 Å². The number of amides is 1. The molecule has 0 fully saturated rings. The second-order valence-corrected chi connectivity index (χ2v) is 4.32. The zero-order valence-corrected chi connectivity index (χ0v) is 12.1. The summed E-state index contributed by atoms with van der Waals surface area (Å²) in [7, 11) is 0. The van der Waals surface area contributed by atoms with Crippen LogP contribution in [0.5, 0.6) is 0 Å². The normalized spacial score (nSPS) is 10.2. The number of esters is 1. The van der Waals surface area contributed by atoms with Crippen LogP contribution in [0.25, 0.3) is 5.69 Å². The highest BCUT2D eigenvalue weighted by Gasteiger charge is 2.21. The highest BCUT2D eigenvalue weighted by atomic mass is 35.5. The molecule has 0 aliphatic heterocycles. The molecule has 6 nitrogen and oxygen atoms in total. The average molecular weight is 308 g/mol. The van der Waals surface area contributed by atoms with Crippen molar-refractivity contribution < 1.29 is 14.3 Å². The van der Waals surface area contributed by atoms with Crippen molar-refractivity contribution in [3.8, 4) is 5.69 Å². The third kappa shape index (κ3) is 3.41. The molecule has 7 heteroatoms. The van der Waals surface area contributed by atoms with Crippen molar-refractivity contribution >= 4 is 29.3 Å². The van der Waals surface area contributed by atoms with Crippen LogP contribution in [0.1, 0.15) is 17.3 Å². The third-order valence-corrected chi connectivity index (χ3v) is 2.89. The summed E-state index contributed by atoms with van der Waals surface area (Å²) in [5.41, 5.74) is 0.886. The largest absolute Gasteiger partial charge is 0.462 e. The molecule has 0 saturated heterocycles. The van der Waals surface area contributed by atoms with Gasteiger partial charge in [-0.3, -0.25) is 4.79 Å². The van der Waals surface area contributed by atoms with Gasteiger partial charge in [0.2, 0.25) is 5.91 Å². The van der Waals surface area contributed by atoms with Crippen LogP contribution in [-0.2, 0) is 9.53 Å². The molecule has 0 atom stereocenters. The molecule has 0 aliphatic carbocycles. The van der Waals surface area contributed by atoms with E-state index in [0.717, 1.165) is 0 Å². The minimum absolute atomic E-state index is 0.180. The van der Waals surface area contributed by atoms with Gasteiger partial charge in [0.15, 0.2) is 5.82 Å². The fourth-order valence-corrected chi connectivity index (χ4v) is 1.82. The number of halogens is 1. The molecule has 0 bridgehead atoms. The van der Waals surface area contributed by atoms with Crippen LogP contribution >= 0.6 is 11.6 Å². The molecule has 110 valence electrons. The van der Waals surface area contributed by atoms with Crippen LogP contribution in [0, 0.1) is 0 Å².